The lowest BCUT2D eigenvalue weighted by Crippen LogP contribution is -2.11. The van der Waals surface area contributed by atoms with Gasteiger partial charge in [-0.2, -0.15) is 5.10 Å². The van der Waals surface area contributed by atoms with E-state index in [4.69, 9.17) is 0 Å². The van der Waals surface area contributed by atoms with E-state index in [0.29, 0.717) is 5.92 Å². The van der Waals surface area contributed by atoms with Crippen LogP contribution in [0.3, 0.4) is 0 Å². The monoisotopic (exact) mass is 193 g/mol. The first-order valence-electron chi connectivity index (χ1n) is 5.51. The number of hydrogen-bond acceptors (Lipinski definition) is 2. The molecule has 1 fully saturated rings. The van der Waals surface area contributed by atoms with Gasteiger partial charge in [-0.05, 0) is 24.9 Å². The molecule has 1 aromatic rings. The summed E-state index contributed by atoms with van der Waals surface area (Å²) in [7, 11) is 1.99. The van der Waals surface area contributed by atoms with Crippen LogP contribution >= 0.6 is 0 Å². The lowest BCUT2D eigenvalue weighted by molar-refractivity contribution is 0.463. The number of nitrogens with one attached hydrogen (secondary N) is 1. The van der Waals surface area contributed by atoms with Crippen LogP contribution in [0.15, 0.2) is 12.3 Å². The van der Waals surface area contributed by atoms with E-state index >= 15 is 0 Å². The highest BCUT2D eigenvalue weighted by atomic mass is 15.2. The van der Waals surface area contributed by atoms with Gasteiger partial charge in [-0.25, -0.2) is 0 Å². The molecule has 14 heavy (non-hydrogen) atoms. The molecule has 1 aliphatic rings. The van der Waals surface area contributed by atoms with Gasteiger partial charge in [-0.3, -0.25) is 4.68 Å². The van der Waals surface area contributed by atoms with Gasteiger partial charge in [-0.15, -0.1) is 0 Å². The summed E-state index contributed by atoms with van der Waals surface area (Å²) in [4.78, 5) is 0. The maximum absolute atomic E-state index is 4.50. The Kier molecular flexibility index (Phi) is 2.87. The van der Waals surface area contributed by atoms with Gasteiger partial charge in [0.05, 0.1) is 5.69 Å². The number of rotatable bonds is 3. The lowest BCUT2D eigenvalue weighted by atomic mass is 9.89. The number of nitrogens with zero attached hydrogens (tertiary/aromatic N) is 2. The average molecular weight is 193 g/mol. The molecule has 2 rings (SSSR count). The van der Waals surface area contributed by atoms with Gasteiger partial charge >= 0.3 is 0 Å². The molecule has 0 aliphatic carbocycles. The van der Waals surface area contributed by atoms with Crippen LogP contribution in [0.1, 0.15) is 31.4 Å². The summed E-state index contributed by atoms with van der Waals surface area (Å²) >= 11 is 0. The van der Waals surface area contributed by atoms with Gasteiger partial charge in [0.1, 0.15) is 0 Å². The summed E-state index contributed by atoms with van der Waals surface area (Å²) in [5.74, 6) is 1.42. The Hall–Kier alpha value is -0.830. The third-order valence-electron chi connectivity index (χ3n) is 3.11. The first kappa shape index (κ1) is 9.71. The van der Waals surface area contributed by atoms with Crippen molar-refractivity contribution in [2.24, 2.45) is 13.0 Å². The topological polar surface area (TPSA) is 29.9 Å². The standard InChI is InChI=1S/C11H19N3/c1-3-4-9-7-12-8-10(9)11-5-6-14(2)13-11/h5-6,9-10,12H,3-4,7-8H2,1-2H3/t9-,10+/m1/s1. The van der Waals surface area contributed by atoms with Gasteiger partial charge in [0.2, 0.25) is 0 Å². The molecule has 1 aromatic heterocycles. The van der Waals surface area contributed by atoms with Crippen LogP contribution in [-0.4, -0.2) is 22.9 Å². The van der Waals surface area contributed by atoms with Crippen molar-refractivity contribution >= 4 is 0 Å². The summed E-state index contributed by atoms with van der Waals surface area (Å²) in [6.07, 6.45) is 4.63. The summed E-state index contributed by atoms with van der Waals surface area (Å²) in [6.45, 7) is 4.52. The van der Waals surface area contributed by atoms with Gasteiger partial charge in [0.25, 0.3) is 0 Å². The second kappa shape index (κ2) is 4.13. The second-order valence-corrected chi connectivity index (χ2v) is 4.23. The van der Waals surface area contributed by atoms with Crippen molar-refractivity contribution in [1.29, 1.82) is 0 Å². The molecule has 2 atom stereocenters. The van der Waals surface area contributed by atoms with E-state index in [-0.39, 0.29) is 0 Å². The fraction of sp³-hybridized carbons (Fsp3) is 0.727. The molecule has 0 aromatic carbocycles. The molecule has 78 valence electrons. The number of aryl methyl sites for hydroxylation is 1. The van der Waals surface area contributed by atoms with Crippen LogP contribution in [0.25, 0.3) is 0 Å². The SMILES string of the molecule is CCC[C@@H]1CNC[C@@H]1c1ccn(C)n1. The summed E-state index contributed by atoms with van der Waals surface area (Å²) in [5, 5.41) is 7.97. The fourth-order valence-electron chi connectivity index (χ4n) is 2.38. The molecule has 0 unspecified atom stereocenters. The minimum absolute atomic E-state index is 0.635. The van der Waals surface area contributed by atoms with E-state index in [9.17, 15) is 0 Å². The molecule has 0 spiro atoms. The van der Waals surface area contributed by atoms with Crippen molar-refractivity contribution in [3.8, 4) is 0 Å². The maximum atomic E-state index is 4.50. The molecule has 0 bridgehead atoms. The zero-order valence-electron chi connectivity index (χ0n) is 9.03. The second-order valence-electron chi connectivity index (χ2n) is 4.23. The van der Waals surface area contributed by atoms with Crippen molar-refractivity contribution in [1.82, 2.24) is 15.1 Å². The van der Waals surface area contributed by atoms with Crippen molar-refractivity contribution in [2.75, 3.05) is 13.1 Å². The third-order valence-corrected chi connectivity index (χ3v) is 3.11. The van der Waals surface area contributed by atoms with Crippen molar-refractivity contribution in [2.45, 2.75) is 25.7 Å². The summed E-state index contributed by atoms with van der Waals surface area (Å²) in [5.41, 5.74) is 1.26. The van der Waals surface area contributed by atoms with Crippen LogP contribution in [0.4, 0.5) is 0 Å². The Morgan fingerprint density at radius 1 is 1.57 bits per heavy atom. The Morgan fingerprint density at radius 3 is 3.07 bits per heavy atom. The predicted molar refractivity (Wildman–Crippen MR) is 57.2 cm³/mol. The molecule has 0 saturated carbocycles. The Bertz CT molecular complexity index is 292. The number of aromatic nitrogens is 2. The lowest BCUT2D eigenvalue weighted by Gasteiger charge is -2.15. The van der Waals surface area contributed by atoms with Crippen molar-refractivity contribution in [3.63, 3.8) is 0 Å². The molecule has 0 radical (unpaired) electrons. The Balaban J connectivity index is 2.09. The highest BCUT2D eigenvalue weighted by molar-refractivity contribution is 5.11. The quantitative estimate of drug-likeness (QED) is 0.789. The zero-order valence-corrected chi connectivity index (χ0v) is 9.03. The van der Waals surface area contributed by atoms with Crippen LogP contribution in [-0.2, 0) is 7.05 Å². The smallest absolute Gasteiger partial charge is 0.0671 e. The van der Waals surface area contributed by atoms with E-state index in [0.717, 1.165) is 19.0 Å². The van der Waals surface area contributed by atoms with Gasteiger partial charge < -0.3 is 5.32 Å². The zero-order chi connectivity index (χ0) is 9.97. The first-order chi connectivity index (χ1) is 6.81. The number of hydrogen-bond donors (Lipinski definition) is 1. The van der Waals surface area contributed by atoms with Crippen LogP contribution < -0.4 is 5.32 Å². The van der Waals surface area contributed by atoms with E-state index < -0.39 is 0 Å². The van der Waals surface area contributed by atoms with E-state index in [2.05, 4.69) is 23.4 Å². The largest absolute Gasteiger partial charge is 0.316 e. The van der Waals surface area contributed by atoms with Crippen LogP contribution in [0, 0.1) is 5.92 Å². The Morgan fingerprint density at radius 2 is 2.43 bits per heavy atom. The van der Waals surface area contributed by atoms with Crippen molar-refractivity contribution < 1.29 is 0 Å². The molecule has 1 saturated heterocycles. The van der Waals surface area contributed by atoms with Crippen LogP contribution in [0.5, 0.6) is 0 Å². The molecule has 3 nitrogen and oxygen atoms in total. The molecule has 2 heterocycles. The summed E-state index contributed by atoms with van der Waals surface area (Å²) < 4.78 is 1.90. The third kappa shape index (κ3) is 1.82. The Labute approximate surface area is 85.5 Å². The van der Waals surface area contributed by atoms with Gasteiger partial charge in [-0.1, -0.05) is 13.3 Å². The van der Waals surface area contributed by atoms with E-state index in [1.165, 1.54) is 18.5 Å². The van der Waals surface area contributed by atoms with Gasteiger partial charge in [0, 0.05) is 25.7 Å². The molecular weight excluding hydrogens is 174 g/mol. The minimum atomic E-state index is 0.635. The first-order valence-corrected chi connectivity index (χ1v) is 5.51. The summed E-state index contributed by atoms with van der Waals surface area (Å²) in [6, 6.07) is 2.15. The highest BCUT2D eigenvalue weighted by Crippen LogP contribution is 2.29. The molecule has 3 heteroatoms. The molecule has 0 amide bonds. The molecular formula is C11H19N3. The van der Waals surface area contributed by atoms with E-state index in [1.807, 2.05) is 17.9 Å². The fourth-order valence-corrected chi connectivity index (χ4v) is 2.38. The van der Waals surface area contributed by atoms with E-state index in [1.54, 1.807) is 0 Å². The van der Waals surface area contributed by atoms with Crippen molar-refractivity contribution in [3.05, 3.63) is 18.0 Å². The van der Waals surface area contributed by atoms with Gasteiger partial charge in [0.15, 0.2) is 0 Å². The normalized spacial score (nSPS) is 27.0. The average Bonchev–Trinajstić information content (AvgIpc) is 2.74. The molecule has 1 N–H and O–H groups in total. The minimum Gasteiger partial charge on any atom is -0.316 e. The highest BCUT2D eigenvalue weighted by Gasteiger charge is 2.28. The van der Waals surface area contributed by atoms with Crippen LogP contribution in [0.2, 0.25) is 0 Å². The maximum Gasteiger partial charge on any atom is 0.0671 e. The molecule has 1 aliphatic heterocycles. The predicted octanol–water partition coefficient (Wildman–Crippen LogP) is 1.52.